The van der Waals surface area contributed by atoms with Crippen LogP contribution in [0.15, 0.2) is 57.8 Å². The number of amides is 1. The number of carbonyl (C=O) groups excluding carboxylic acids is 1. The number of ether oxygens (including phenoxy) is 1. The summed E-state index contributed by atoms with van der Waals surface area (Å²) in [4.78, 5) is 25.4. The first-order valence-corrected chi connectivity index (χ1v) is 8.39. The molecule has 1 aromatic carbocycles. The van der Waals surface area contributed by atoms with Crippen LogP contribution in [0.1, 0.15) is 5.76 Å². The topological polar surface area (TPSA) is 101 Å². The number of hydrazone groups is 1. The summed E-state index contributed by atoms with van der Waals surface area (Å²) in [5.74, 6) is 0.768. The minimum absolute atomic E-state index is 0.0471. The smallest absolute Gasteiger partial charge is 0.282 e. The third-order valence-electron chi connectivity index (χ3n) is 4.30. The van der Waals surface area contributed by atoms with Crippen LogP contribution in [0.4, 0.5) is 11.4 Å². The number of non-ortho nitro benzene ring substituents is 1. The van der Waals surface area contributed by atoms with Gasteiger partial charge < -0.3 is 14.1 Å². The van der Waals surface area contributed by atoms with Gasteiger partial charge >= 0.3 is 0 Å². The van der Waals surface area contributed by atoms with Crippen molar-refractivity contribution in [3.8, 4) is 0 Å². The predicted molar refractivity (Wildman–Crippen MR) is 97.1 cm³/mol. The van der Waals surface area contributed by atoms with E-state index in [1.165, 1.54) is 35.5 Å². The molecule has 0 aliphatic carbocycles. The summed E-state index contributed by atoms with van der Waals surface area (Å²) in [5.41, 5.74) is 0.818. The molecule has 9 nitrogen and oxygen atoms in total. The maximum atomic E-state index is 13.0. The van der Waals surface area contributed by atoms with E-state index in [-0.39, 0.29) is 11.6 Å². The Bertz CT molecular complexity index is 912. The Morgan fingerprint density at radius 2 is 1.89 bits per heavy atom. The fraction of sp³-hybridized carbons (Fsp3) is 0.222. The minimum atomic E-state index is -0.486. The molecule has 1 fully saturated rings. The normalized spacial score (nSPS) is 18.9. The summed E-state index contributed by atoms with van der Waals surface area (Å²) in [6.07, 6.45) is 3.19. The van der Waals surface area contributed by atoms with E-state index in [0.717, 1.165) is 0 Å². The first-order chi connectivity index (χ1) is 13.1. The van der Waals surface area contributed by atoms with Crippen molar-refractivity contribution in [2.45, 2.75) is 0 Å². The van der Waals surface area contributed by atoms with E-state index in [4.69, 9.17) is 9.15 Å². The molecular weight excluding hydrogens is 352 g/mol. The van der Waals surface area contributed by atoms with Crippen molar-refractivity contribution in [1.29, 1.82) is 0 Å². The molecule has 2 aromatic rings. The largest absolute Gasteiger partial charge is 0.465 e. The van der Waals surface area contributed by atoms with Gasteiger partial charge in [0.05, 0.1) is 35.7 Å². The standard InChI is InChI=1S/C18H16N4O5/c23-18-16(12-15-2-1-9-27-15)17(20-7-10-26-11-8-20)19-21(18)13-3-5-14(6-4-13)22(24)25/h1-6,9,12H,7-8,10-11H2/b16-12-. The molecule has 0 saturated carbocycles. The van der Waals surface area contributed by atoms with Gasteiger partial charge in [0.2, 0.25) is 0 Å². The van der Waals surface area contributed by atoms with E-state index in [1.54, 1.807) is 18.2 Å². The highest BCUT2D eigenvalue weighted by atomic mass is 16.6. The van der Waals surface area contributed by atoms with Crippen LogP contribution in [0.3, 0.4) is 0 Å². The van der Waals surface area contributed by atoms with Crippen molar-refractivity contribution in [2.75, 3.05) is 31.3 Å². The zero-order chi connectivity index (χ0) is 18.8. The van der Waals surface area contributed by atoms with Crippen LogP contribution in [0.25, 0.3) is 6.08 Å². The lowest BCUT2D eigenvalue weighted by Gasteiger charge is -2.28. The Labute approximate surface area is 154 Å². The van der Waals surface area contributed by atoms with Crippen molar-refractivity contribution in [2.24, 2.45) is 5.10 Å². The number of morpholine rings is 1. The van der Waals surface area contributed by atoms with Crippen molar-refractivity contribution in [1.82, 2.24) is 4.90 Å². The van der Waals surface area contributed by atoms with Crippen LogP contribution >= 0.6 is 0 Å². The first-order valence-electron chi connectivity index (χ1n) is 8.39. The zero-order valence-electron chi connectivity index (χ0n) is 14.3. The summed E-state index contributed by atoms with van der Waals surface area (Å²) in [6, 6.07) is 9.21. The summed E-state index contributed by atoms with van der Waals surface area (Å²) in [6.45, 7) is 2.35. The summed E-state index contributed by atoms with van der Waals surface area (Å²) in [7, 11) is 0. The predicted octanol–water partition coefficient (Wildman–Crippen LogP) is 2.26. The van der Waals surface area contributed by atoms with Gasteiger partial charge in [-0.05, 0) is 30.3 Å². The van der Waals surface area contributed by atoms with E-state index < -0.39 is 4.92 Å². The van der Waals surface area contributed by atoms with E-state index in [1.807, 2.05) is 4.90 Å². The Hall–Kier alpha value is -3.46. The molecule has 1 amide bonds. The lowest BCUT2D eigenvalue weighted by molar-refractivity contribution is -0.384. The molecule has 0 atom stereocenters. The average molecular weight is 368 g/mol. The molecule has 0 unspecified atom stereocenters. The molecule has 2 aliphatic rings. The van der Waals surface area contributed by atoms with Gasteiger partial charge in [0.1, 0.15) is 5.76 Å². The summed E-state index contributed by atoms with van der Waals surface area (Å²) >= 11 is 0. The summed E-state index contributed by atoms with van der Waals surface area (Å²) in [5, 5.41) is 16.6. The number of rotatable bonds is 3. The molecule has 2 aliphatic heterocycles. The van der Waals surface area contributed by atoms with E-state index in [9.17, 15) is 14.9 Å². The number of nitro benzene ring substituents is 1. The van der Waals surface area contributed by atoms with Crippen LogP contribution in [-0.4, -0.2) is 47.9 Å². The van der Waals surface area contributed by atoms with Gasteiger partial charge in [-0.15, -0.1) is 5.10 Å². The van der Waals surface area contributed by atoms with E-state index in [0.29, 0.717) is 49.2 Å². The first kappa shape index (κ1) is 17.0. The third-order valence-corrected chi connectivity index (χ3v) is 4.30. The number of furan rings is 1. The second-order valence-electron chi connectivity index (χ2n) is 5.99. The lowest BCUT2D eigenvalue weighted by atomic mass is 10.1. The van der Waals surface area contributed by atoms with Gasteiger partial charge in [-0.3, -0.25) is 14.9 Å². The Morgan fingerprint density at radius 1 is 1.15 bits per heavy atom. The van der Waals surface area contributed by atoms with Crippen molar-refractivity contribution in [3.05, 3.63) is 64.1 Å². The fourth-order valence-corrected chi connectivity index (χ4v) is 2.94. The Balaban J connectivity index is 1.71. The number of carbonyl (C=O) groups is 1. The molecule has 27 heavy (non-hydrogen) atoms. The molecule has 9 heteroatoms. The molecule has 3 heterocycles. The van der Waals surface area contributed by atoms with Crippen molar-refractivity contribution in [3.63, 3.8) is 0 Å². The molecular formula is C18H16N4O5. The van der Waals surface area contributed by atoms with Gasteiger partial charge in [-0.1, -0.05) is 0 Å². The molecule has 4 rings (SSSR count). The van der Waals surface area contributed by atoms with E-state index in [2.05, 4.69) is 5.10 Å². The lowest BCUT2D eigenvalue weighted by Crippen LogP contribution is -2.41. The summed E-state index contributed by atoms with van der Waals surface area (Å²) < 4.78 is 10.7. The molecule has 0 bridgehead atoms. The quantitative estimate of drug-likeness (QED) is 0.468. The second kappa shape index (κ2) is 7.04. The highest BCUT2D eigenvalue weighted by Crippen LogP contribution is 2.28. The maximum Gasteiger partial charge on any atom is 0.282 e. The van der Waals surface area contributed by atoms with Gasteiger partial charge in [-0.2, -0.15) is 5.01 Å². The van der Waals surface area contributed by atoms with E-state index >= 15 is 0 Å². The molecule has 1 saturated heterocycles. The number of benzene rings is 1. The SMILES string of the molecule is O=C1/C(=C\c2ccco2)C(N2CCOCC2)=NN1c1ccc([N+](=O)[O-])cc1. The molecule has 0 N–H and O–H groups in total. The number of nitrogens with zero attached hydrogens (tertiary/aromatic N) is 4. The van der Waals surface area contributed by atoms with Crippen LogP contribution in [0.2, 0.25) is 0 Å². The number of hydrogen-bond donors (Lipinski definition) is 0. The van der Waals surface area contributed by atoms with Crippen molar-refractivity contribution >= 4 is 29.2 Å². The third kappa shape index (κ3) is 3.32. The second-order valence-corrected chi connectivity index (χ2v) is 5.99. The van der Waals surface area contributed by atoms with Crippen LogP contribution in [0.5, 0.6) is 0 Å². The molecule has 1 aromatic heterocycles. The van der Waals surface area contributed by atoms with Crippen LogP contribution < -0.4 is 5.01 Å². The molecule has 138 valence electrons. The van der Waals surface area contributed by atoms with Gasteiger partial charge in [0.25, 0.3) is 11.6 Å². The van der Waals surface area contributed by atoms with Gasteiger partial charge in [0.15, 0.2) is 5.84 Å². The number of hydrogen-bond acceptors (Lipinski definition) is 7. The highest BCUT2D eigenvalue weighted by molar-refractivity contribution is 6.32. The van der Waals surface area contributed by atoms with Crippen molar-refractivity contribution < 1.29 is 18.9 Å². The van der Waals surface area contributed by atoms with Crippen LogP contribution in [-0.2, 0) is 9.53 Å². The van der Waals surface area contributed by atoms with Gasteiger partial charge in [-0.25, -0.2) is 0 Å². The molecule has 0 radical (unpaired) electrons. The number of amidine groups is 1. The number of nitro groups is 1. The number of anilines is 1. The fourth-order valence-electron chi connectivity index (χ4n) is 2.94. The highest BCUT2D eigenvalue weighted by Gasteiger charge is 2.35. The minimum Gasteiger partial charge on any atom is -0.465 e. The monoisotopic (exact) mass is 368 g/mol. The van der Waals surface area contributed by atoms with Gasteiger partial charge in [0, 0.05) is 25.2 Å². The Kier molecular flexibility index (Phi) is 4.43. The van der Waals surface area contributed by atoms with Crippen LogP contribution in [0, 0.1) is 10.1 Å². The average Bonchev–Trinajstić information content (AvgIpc) is 3.32. The Morgan fingerprint density at radius 3 is 2.52 bits per heavy atom. The molecule has 0 spiro atoms. The zero-order valence-corrected chi connectivity index (χ0v) is 14.3. The maximum absolute atomic E-state index is 13.0.